The van der Waals surface area contributed by atoms with E-state index >= 15 is 0 Å². The van der Waals surface area contributed by atoms with E-state index in [2.05, 4.69) is 14.9 Å². The summed E-state index contributed by atoms with van der Waals surface area (Å²) >= 11 is 0. The van der Waals surface area contributed by atoms with Crippen LogP contribution in [-0.4, -0.2) is 15.5 Å². The van der Waals surface area contributed by atoms with E-state index in [9.17, 15) is 18.0 Å². The van der Waals surface area contributed by atoms with Gasteiger partial charge in [0.25, 0.3) is 5.91 Å². The second kappa shape index (κ2) is 6.40. The Labute approximate surface area is 154 Å². The number of nitrogens with one attached hydrogen (secondary N) is 1. The first-order valence-corrected chi connectivity index (χ1v) is 8.81. The van der Waals surface area contributed by atoms with Gasteiger partial charge in [0.2, 0.25) is 0 Å². The molecular weight excluding hydrogens is 355 g/mol. The normalized spacial score (nSPS) is 15.0. The van der Waals surface area contributed by atoms with Crippen LogP contribution in [0.25, 0.3) is 11.0 Å². The summed E-state index contributed by atoms with van der Waals surface area (Å²) in [5, 5.41) is 2.59. The van der Waals surface area contributed by atoms with E-state index in [1.54, 1.807) is 18.2 Å². The summed E-state index contributed by atoms with van der Waals surface area (Å²) in [4.78, 5) is 17.0. The van der Waals surface area contributed by atoms with Gasteiger partial charge >= 0.3 is 6.18 Å². The van der Waals surface area contributed by atoms with Gasteiger partial charge in [-0.15, -0.1) is 0 Å². The predicted molar refractivity (Wildman–Crippen MR) is 96.8 cm³/mol. The van der Waals surface area contributed by atoms with E-state index < -0.39 is 23.2 Å². The van der Waals surface area contributed by atoms with Gasteiger partial charge in [-0.05, 0) is 56.5 Å². The van der Waals surface area contributed by atoms with Crippen molar-refractivity contribution in [1.29, 1.82) is 0 Å². The Balaban J connectivity index is 1.67. The van der Waals surface area contributed by atoms with E-state index in [0.29, 0.717) is 11.7 Å². The Morgan fingerprint density at radius 1 is 1.19 bits per heavy atom. The highest BCUT2D eigenvalue weighted by Gasteiger charge is 2.34. The van der Waals surface area contributed by atoms with Crippen LogP contribution in [0.5, 0.6) is 0 Å². The molecule has 1 heterocycles. The van der Waals surface area contributed by atoms with E-state index in [-0.39, 0.29) is 0 Å². The molecule has 4 rings (SSSR count). The molecule has 1 fully saturated rings. The molecule has 140 valence electrons. The van der Waals surface area contributed by atoms with Crippen LogP contribution in [0.1, 0.15) is 47.1 Å². The van der Waals surface area contributed by atoms with Gasteiger partial charge in [0, 0.05) is 11.7 Å². The van der Waals surface area contributed by atoms with Crippen molar-refractivity contribution in [3.8, 4) is 0 Å². The lowest BCUT2D eigenvalue weighted by Gasteiger charge is -2.28. The number of halogens is 3. The summed E-state index contributed by atoms with van der Waals surface area (Å²) in [5.41, 5.74) is 0.810. The van der Waals surface area contributed by atoms with Crippen molar-refractivity contribution >= 4 is 22.6 Å². The van der Waals surface area contributed by atoms with Gasteiger partial charge in [-0.1, -0.05) is 12.1 Å². The molecule has 7 heteroatoms. The average Bonchev–Trinajstić information content (AvgIpc) is 2.89. The SMILES string of the molecule is Cc1nc2ccc(NC(=O)c3ccccc3C(F)(F)F)cc2n1C1CCC1. The van der Waals surface area contributed by atoms with E-state index in [4.69, 9.17) is 0 Å². The van der Waals surface area contributed by atoms with Gasteiger partial charge in [0.15, 0.2) is 0 Å². The minimum atomic E-state index is -4.59. The third-order valence-corrected chi connectivity index (χ3v) is 5.04. The molecule has 0 atom stereocenters. The van der Waals surface area contributed by atoms with Gasteiger partial charge in [0.1, 0.15) is 5.82 Å². The van der Waals surface area contributed by atoms with Crippen LogP contribution >= 0.6 is 0 Å². The fourth-order valence-corrected chi connectivity index (χ4v) is 3.52. The van der Waals surface area contributed by atoms with Crippen molar-refractivity contribution in [3.63, 3.8) is 0 Å². The maximum atomic E-state index is 13.2. The van der Waals surface area contributed by atoms with Crippen molar-refractivity contribution in [3.05, 3.63) is 59.4 Å². The van der Waals surface area contributed by atoms with Crippen LogP contribution < -0.4 is 5.32 Å². The number of nitrogens with zero attached hydrogens (tertiary/aromatic N) is 2. The number of fused-ring (bicyclic) bond motifs is 1. The van der Waals surface area contributed by atoms with Gasteiger partial charge in [0.05, 0.1) is 22.2 Å². The Bertz CT molecular complexity index is 1020. The maximum Gasteiger partial charge on any atom is 0.417 e. The zero-order valence-electron chi connectivity index (χ0n) is 14.7. The molecule has 1 aliphatic carbocycles. The van der Waals surface area contributed by atoms with Crippen LogP contribution in [0.4, 0.5) is 18.9 Å². The molecule has 1 amide bonds. The third kappa shape index (κ3) is 3.18. The van der Waals surface area contributed by atoms with Crippen molar-refractivity contribution < 1.29 is 18.0 Å². The predicted octanol–water partition coefficient (Wildman–Crippen LogP) is 5.34. The summed E-state index contributed by atoms with van der Waals surface area (Å²) in [6.07, 6.45) is -1.24. The molecule has 0 bridgehead atoms. The number of amides is 1. The van der Waals surface area contributed by atoms with Crippen LogP contribution in [-0.2, 0) is 6.18 Å². The topological polar surface area (TPSA) is 46.9 Å². The Hall–Kier alpha value is -2.83. The number of anilines is 1. The third-order valence-electron chi connectivity index (χ3n) is 5.04. The second-order valence-electron chi connectivity index (χ2n) is 6.81. The molecular formula is C20H18F3N3O. The van der Waals surface area contributed by atoms with Crippen LogP contribution in [0, 0.1) is 6.92 Å². The molecule has 0 radical (unpaired) electrons. The molecule has 2 aromatic carbocycles. The molecule has 4 nitrogen and oxygen atoms in total. The van der Waals surface area contributed by atoms with Crippen LogP contribution in [0.2, 0.25) is 0 Å². The Morgan fingerprint density at radius 2 is 1.93 bits per heavy atom. The maximum absolute atomic E-state index is 13.2. The van der Waals surface area contributed by atoms with E-state index in [1.807, 2.05) is 6.92 Å². The minimum absolute atomic E-state index is 0.395. The van der Waals surface area contributed by atoms with Crippen LogP contribution in [0.3, 0.4) is 0 Å². The highest BCUT2D eigenvalue weighted by Crippen LogP contribution is 2.36. The molecule has 3 aromatic rings. The number of carbonyl (C=O) groups excluding carboxylic acids is 1. The Morgan fingerprint density at radius 3 is 2.59 bits per heavy atom. The minimum Gasteiger partial charge on any atom is -0.325 e. The zero-order chi connectivity index (χ0) is 19.2. The van der Waals surface area contributed by atoms with Crippen molar-refractivity contribution in [2.75, 3.05) is 5.32 Å². The fourth-order valence-electron chi connectivity index (χ4n) is 3.52. The monoisotopic (exact) mass is 373 g/mol. The van der Waals surface area contributed by atoms with E-state index in [0.717, 1.165) is 35.8 Å². The number of benzene rings is 2. The van der Waals surface area contributed by atoms with Crippen molar-refractivity contribution in [1.82, 2.24) is 9.55 Å². The Kier molecular flexibility index (Phi) is 4.17. The lowest BCUT2D eigenvalue weighted by atomic mass is 9.92. The summed E-state index contributed by atoms with van der Waals surface area (Å²) in [5.74, 6) is 0.120. The number of alkyl halides is 3. The van der Waals surface area contributed by atoms with Gasteiger partial charge in [-0.3, -0.25) is 4.79 Å². The summed E-state index contributed by atoms with van der Waals surface area (Å²) < 4.78 is 41.6. The van der Waals surface area contributed by atoms with Gasteiger partial charge < -0.3 is 9.88 Å². The summed E-state index contributed by atoms with van der Waals surface area (Å²) in [6.45, 7) is 1.94. The number of hydrogen-bond donors (Lipinski definition) is 1. The highest BCUT2D eigenvalue weighted by molar-refractivity contribution is 6.06. The van der Waals surface area contributed by atoms with Crippen LogP contribution in [0.15, 0.2) is 42.5 Å². The second-order valence-corrected chi connectivity index (χ2v) is 6.81. The lowest BCUT2D eigenvalue weighted by molar-refractivity contribution is -0.137. The average molecular weight is 373 g/mol. The zero-order valence-corrected chi connectivity index (χ0v) is 14.7. The molecule has 27 heavy (non-hydrogen) atoms. The van der Waals surface area contributed by atoms with Crippen molar-refractivity contribution in [2.24, 2.45) is 0 Å². The van der Waals surface area contributed by atoms with Gasteiger partial charge in [-0.25, -0.2) is 4.98 Å². The number of aryl methyl sites for hydroxylation is 1. The van der Waals surface area contributed by atoms with E-state index in [1.165, 1.54) is 24.6 Å². The lowest BCUT2D eigenvalue weighted by Crippen LogP contribution is -2.19. The molecule has 0 unspecified atom stereocenters. The number of carbonyl (C=O) groups is 1. The molecule has 1 N–H and O–H groups in total. The molecule has 0 aliphatic heterocycles. The standard InChI is InChI=1S/C20H18F3N3O/c1-12-24-17-10-9-13(11-18(17)26(12)14-5-4-6-14)25-19(27)15-7-2-3-8-16(15)20(21,22)23/h2-3,7-11,14H,4-6H2,1H3,(H,25,27). The highest BCUT2D eigenvalue weighted by atomic mass is 19.4. The first kappa shape index (κ1) is 17.6. The number of aromatic nitrogens is 2. The first-order chi connectivity index (χ1) is 12.8. The summed E-state index contributed by atoms with van der Waals surface area (Å²) in [7, 11) is 0. The number of hydrogen-bond acceptors (Lipinski definition) is 2. The first-order valence-electron chi connectivity index (χ1n) is 8.81. The van der Waals surface area contributed by atoms with Crippen molar-refractivity contribution in [2.45, 2.75) is 38.4 Å². The number of imidazole rings is 1. The summed E-state index contributed by atoms with van der Waals surface area (Å²) in [6, 6.07) is 10.4. The fraction of sp³-hybridized carbons (Fsp3) is 0.300. The molecule has 1 aromatic heterocycles. The quantitative estimate of drug-likeness (QED) is 0.674. The molecule has 0 saturated heterocycles. The van der Waals surface area contributed by atoms with Gasteiger partial charge in [-0.2, -0.15) is 13.2 Å². The molecule has 1 aliphatic rings. The smallest absolute Gasteiger partial charge is 0.325 e. The number of rotatable bonds is 3. The molecule has 1 saturated carbocycles. The largest absolute Gasteiger partial charge is 0.417 e. The molecule has 0 spiro atoms.